The van der Waals surface area contributed by atoms with Crippen molar-refractivity contribution in [1.82, 2.24) is 24.3 Å². The van der Waals surface area contributed by atoms with Gasteiger partial charge in [0.1, 0.15) is 5.82 Å². The first-order valence-corrected chi connectivity index (χ1v) is 9.12. The van der Waals surface area contributed by atoms with Crippen molar-refractivity contribution in [3.63, 3.8) is 0 Å². The van der Waals surface area contributed by atoms with Crippen LogP contribution >= 0.6 is 0 Å². The maximum absolute atomic E-state index is 12.1. The van der Waals surface area contributed by atoms with E-state index >= 15 is 0 Å². The van der Waals surface area contributed by atoms with E-state index in [2.05, 4.69) is 9.67 Å². The molecule has 3 aromatic heterocycles. The predicted molar refractivity (Wildman–Crippen MR) is 98.1 cm³/mol. The molecule has 1 aliphatic rings. The van der Waals surface area contributed by atoms with Gasteiger partial charge in [-0.25, -0.2) is 9.97 Å². The Morgan fingerprint density at radius 2 is 2.19 bits per heavy atom. The molecule has 4 heterocycles. The monoisotopic (exact) mass is 353 g/mol. The molecule has 0 saturated carbocycles. The lowest BCUT2D eigenvalue weighted by atomic mass is 9.87. The summed E-state index contributed by atoms with van der Waals surface area (Å²) in [4.78, 5) is 21.5. The van der Waals surface area contributed by atoms with Crippen LogP contribution in [-0.4, -0.2) is 35.4 Å². The summed E-state index contributed by atoms with van der Waals surface area (Å²) in [5, 5.41) is 14.2. The van der Waals surface area contributed by atoms with Crippen LogP contribution in [0.2, 0.25) is 0 Å². The summed E-state index contributed by atoms with van der Waals surface area (Å²) in [6, 6.07) is 0. The zero-order chi connectivity index (χ0) is 18.4. The van der Waals surface area contributed by atoms with Crippen molar-refractivity contribution in [2.24, 2.45) is 7.05 Å². The number of aromatic nitrogens is 5. The number of pyridine rings is 1. The van der Waals surface area contributed by atoms with Gasteiger partial charge in [0.2, 0.25) is 0 Å². The number of imidazole rings is 1. The second-order valence-corrected chi connectivity index (χ2v) is 7.02. The number of carboxylic acids is 1. The Labute approximate surface area is 151 Å². The molecule has 0 aliphatic carbocycles. The van der Waals surface area contributed by atoms with Gasteiger partial charge in [-0.2, -0.15) is 5.10 Å². The van der Waals surface area contributed by atoms with E-state index in [-0.39, 0.29) is 0 Å². The third-order valence-electron chi connectivity index (χ3n) is 5.20. The van der Waals surface area contributed by atoms with E-state index in [0.717, 1.165) is 59.5 Å². The molecule has 1 aliphatic heterocycles. The molecule has 0 fully saturated rings. The number of carboxylic acid groups (broad SMARTS) is 1. The molecule has 1 atom stereocenters. The second kappa shape index (κ2) is 6.23. The minimum absolute atomic E-state index is 0.581. The lowest BCUT2D eigenvalue weighted by Gasteiger charge is -2.19. The number of nitrogens with zero attached hydrogens (tertiary/aromatic N) is 5. The fourth-order valence-corrected chi connectivity index (χ4v) is 4.11. The maximum atomic E-state index is 12.1. The summed E-state index contributed by atoms with van der Waals surface area (Å²) in [6.07, 6.45) is 7.12. The first kappa shape index (κ1) is 16.8. The van der Waals surface area contributed by atoms with Gasteiger partial charge in [0.05, 0.1) is 17.6 Å². The highest BCUT2D eigenvalue weighted by molar-refractivity contribution is 5.95. The molecule has 26 heavy (non-hydrogen) atoms. The van der Waals surface area contributed by atoms with Gasteiger partial charge < -0.3 is 9.67 Å². The number of rotatable bonds is 5. The van der Waals surface area contributed by atoms with Gasteiger partial charge in [-0.1, -0.05) is 13.3 Å². The van der Waals surface area contributed by atoms with Gasteiger partial charge in [0.25, 0.3) is 0 Å². The number of aryl methyl sites for hydroxylation is 4. The highest BCUT2D eigenvalue weighted by Crippen LogP contribution is 2.40. The lowest BCUT2D eigenvalue weighted by molar-refractivity contribution is -0.139. The van der Waals surface area contributed by atoms with Crippen LogP contribution < -0.4 is 0 Å². The van der Waals surface area contributed by atoms with Gasteiger partial charge >= 0.3 is 5.97 Å². The van der Waals surface area contributed by atoms with Gasteiger partial charge in [-0.15, -0.1) is 0 Å². The van der Waals surface area contributed by atoms with E-state index < -0.39 is 11.9 Å². The van der Waals surface area contributed by atoms with Crippen LogP contribution in [0.4, 0.5) is 0 Å². The number of hydrogen-bond acceptors (Lipinski definition) is 4. The molecule has 0 spiro atoms. The number of hydrogen-bond donors (Lipinski definition) is 1. The zero-order valence-corrected chi connectivity index (χ0v) is 15.4. The maximum Gasteiger partial charge on any atom is 0.311 e. The summed E-state index contributed by atoms with van der Waals surface area (Å²) in [6.45, 7) is 4.80. The molecular formula is C19H23N5O2. The normalized spacial score (nSPS) is 14.7. The third-order valence-corrected chi connectivity index (χ3v) is 5.20. The highest BCUT2D eigenvalue weighted by atomic mass is 16.4. The molecule has 4 rings (SSSR count). The van der Waals surface area contributed by atoms with Gasteiger partial charge in [0, 0.05) is 43.0 Å². The van der Waals surface area contributed by atoms with Crippen LogP contribution in [0.15, 0.2) is 12.4 Å². The van der Waals surface area contributed by atoms with Crippen molar-refractivity contribution in [3.05, 3.63) is 29.5 Å². The van der Waals surface area contributed by atoms with E-state index in [1.165, 1.54) is 0 Å². The summed E-state index contributed by atoms with van der Waals surface area (Å²) in [5.74, 6) is -0.349. The molecular weight excluding hydrogens is 330 g/mol. The fraction of sp³-hybridized carbons (Fsp3) is 0.474. The Hall–Kier alpha value is -2.70. The van der Waals surface area contributed by atoms with Crippen LogP contribution in [0.5, 0.6) is 0 Å². The largest absolute Gasteiger partial charge is 0.481 e. The number of aliphatic carboxylic acids is 1. The molecule has 0 radical (unpaired) electrons. The molecule has 1 N–H and O–H groups in total. The minimum atomic E-state index is -0.803. The van der Waals surface area contributed by atoms with Gasteiger partial charge in [-0.3, -0.25) is 9.48 Å². The zero-order valence-electron chi connectivity index (χ0n) is 15.4. The molecule has 0 saturated heterocycles. The summed E-state index contributed by atoms with van der Waals surface area (Å²) < 4.78 is 3.95. The van der Waals surface area contributed by atoms with E-state index in [9.17, 15) is 9.90 Å². The fourth-order valence-electron chi connectivity index (χ4n) is 4.11. The topological polar surface area (TPSA) is 85.8 Å². The standard InChI is InChI=1S/C19H23N5O2/c1-4-6-13(19(25)26)15-11(2)21-18-17(24-8-5-7-14(24)22-18)16(15)12-9-20-23(3)10-12/h9-10,13H,4-8H2,1-3H3,(H,25,26). The molecule has 136 valence electrons. The van der Waals surface area contributed by atoms with Crippen molar-refractivity contribution in [1.29, 1.82) is 0 Å². The van der Waals surface area contributed by atoms with Crippen molar-refractivity contribution in [2.45, 2.75) is 52.0 Å². The lowest BCUT2D eigenvalue weighted by Crippen LogP contribution is -2.15. The van der Waals surface area contributed by atoms with Crippen molar-refractivity contribution in [2.75, 3.05) is 0 Å². The first-order valence-electron chi connectivity index (χ1n) is 9.12. The van der Waals surface area contributed by atoms with E-state index in [0.29, 0.717) is 12.1 Å². The number of fused-ring (bicyclic) bond motifs is 3. The number of carbonyl (C=O) groups is 1. The molecule has 7 heteroatoms. The molecule has 0 amide bonds. The van der Waals surface area contributed by atoms with Crippen LogP contribution in [0.1, 0.15) is 49.2 Å². The predicted octanol–water partition coefficient (Wildman–Crippen LogP) is 3.05. The van der Waals surface area contributed by atoms with Crippen molar-refractivity contribution in [3.8, 4) is 11.1 Å². The van der Waals surface area contributed by atoms with E-state index in [1.807, 2.05) is 27.1 Å². The first-order chi connectivity index (χ1) is 12.5. The van der Waals surface area contributed by atoms with Crippen LogP contribution in [0.3, 0.4) is 0 Å². The summed E-state index contributed by atoms with van der Waals surface area (Å²) in [5.41, 5.74) is 5.06. The molecule has 7 nitrogen and oxygen atoms in total. The average molecular weight is 353 g/mol. The molecule has 3 aromatic rings. The molecule has 1 unspecified atom stereocenters. The Morgan fingerprint density at radius 3 is 2.85 bits per heavy atom. The SMILES string of the molecule is CCCC(C(=O)O)c1c(C)nc2nc3n(c2c1-c1cnn(C)c1)CCC3. The van der Waals surface area contributed by atoms with Crippen molar-refractivity contribution >= 4 is 17.1 Å². The van der Waals surface area contributed by atoms with Crippen LogP contribution in [0, 0.1) is 6.92 Å². The smallest absolute Gasteiger partial charge is 0.311 e. The summed E-state index contributed by atoms with van der Waals surface area (Å²) in [7, 11) is 1.87. The third kappa shape index (κ3) is 2.50. The molecule has 0 aromatic carbocycles. The van der Waals surface area contributed by atoms with Crippen LogP contribution in [0.25, 0.3) is 22.3 Å². The summed E-state index contributed by atoms with van der Waals surface area (Å²) >= 11 is 0. The Bertz CT molecular complexity index is 1000. The Morgan fingerprint density at radius 1 is 1.38 bits per heavy atom. The average Bonchev–Trinajstić information content (AvgIpc) is 3.27. The van der Waals surface area contributed by atoms with Gasteiger partial charge in [0.15, 0.2) is 5.65 Å². The second-order valence-electron chi connectivity index (χ2n) is 7.02. The quantitative estimate of drug-likeness (QED) is 0.762. The highest BCUT2D eigenvalue weighted by Gasteiger charge is 2.30. The molecule has 0 bridgehead atoms. The Balaban J connectivity index is 2.10. The van der Waals surface area contributed by atoms with E-state index in [4.69, 9.17) is 9.97 Å². The minimum Gasteiger partial charge on any atom is -0.481 e. The van der Waals surface area contributed by atoms with Crippen LogP contribution in [-0.2, 0) is 24.8 Å². The van der Waals surface area contributed by atoms with Gasteiger partial charge in [-0.05, 0) is 25.3 Å². The van der Waals surface area contributed by atoms with E-state index in [1.54, 1.807) is 10.9 Å². The van der Waals surface area contributed by atoms with Crippen molar-refractivity contribution < 1.29 is 9.90 Å². The Kier molecular flexibility index (Phi) is 4.01.